The van der Waals surface area contributed by atoms with Gasteiger partial charge < -0.3 is 19.2 Å². The lowest BCUT2D eigenvalue weighted by atomic mass is 9.94. The molecule has 1 aliphatic heterocycles. The Labute approximate surface area is 192 Å². The number of methoxy groups -OCH3 is 1. The van der Waals surface area contributed by atoms with E-state index in [1.165, 1.54) is 48.6 Å². The average molecular weight is 462 g/mol. The molecule has 1 aliphatic rings. The highest BCUT2D eigenvalue weighted by atomic mass is 16.6. The maximum absolute atomic E-state index is 13.0. The Hall–Kier alpha value is -4.73. The third-order valence-electron chi connectivity index (χ3n) is 5.42. The van der Waals surface area contributed by atoms with Crippen LogP contribution in [0.15, 0.2) is 76.9 Å². The number of Topliss-reactive ketones (excluding diaryl/α,β-unsaturated/α-hetero) is 1. The standard InChI is InChI=1S/C24H18N2O8/c1-33-24(30)15-9-7-14(8-10-15)20-19(21(27)16-4-2-5-17(12-16)26(31)32)22(28)23(29)25(20)13-18-6-3-11-34-18/h2-12,20,27H,13H2,1H3/b21-19+/t20-/m1/s1. The number of amides is 1. The molecule has 1 N–H and O–H groups in total. The molecule has 1 aromatic heterocycles. The van der Waals surface area contributed by atoms with E-state index in [-0.39, 0.29) is 28.9 Å². The number of ether oxygens (including phenoxy) is 1. The summed E-state index contributed by atoms with van der Waals surface area (Å²) in [5.74, 6) is -2.52. The van der Waals surface area contributed by atoms with Crippen molar-refractivity contribution >= 4 is 29.1 Å². The molecule has 0 aliphatic carbocycles. The van der Waals surface area contributed by atoms with Crippen LogP contribution in [0.3, 0.4) is 0 Å². The Morgan fingerprint density at radius 2 is 1.85 bits per heavy atom. The minimum atomic E-state index is -1.03. The van der Waals surface area contributed by atoms with E-state index < -0.39 is 34.4 Å². The minimum Gasteiger partial charge on any atom is -0.507 e. The maximum atomic E-state index is 13.0. The number of hydrogen-bond donors (Lipinski definition) is 1. The Bertz CT molecular complexity index is 1310. The quantitative estimate of drug-likeness (QED) is 0.146. The maximum Gasteiger partial charge on any atom is 0.337 e. The fourth-order valence-corrected chi connectivity index (χ4v) is 3.80. The van der Waals surface area contributed by atoms with Gasteiger partial charge in [-0.25, -0.2) is 4.79 Å². The number of non-ortho nitro benzene ring substituents is 1. The summed E-state index contributed by atoms with van der Waals surface area (Å²) in [6.45, 7) is -0.0628. The Morgan fingerprint density at radius 1 is 1.12 bits per heavy atom. The first-order chi connectivity index (χ1) is 16.3. The van der Waals surface area contributed by atoms with Gasteiger partial charge in [-0.3, -0.25) is 19.7 Å². The number of benzene rings is 2. The molecule has 172 valence electrons. The summed E-state index contributed by atoms with van der Waals surface area (Å²) in [5, 5.41) is 22.2. The van der Waals surface area contributed by atoms with Crippen LogP contribution in [0.4, 0.5) is 5.69 Å². The first-order valence-electron chi connectivity index (χ1n) is 10.1. The molecule has 2 aromatic carbocycles. The van der Waals surface area contributed by atoms with Gasteiger partial charge in [0, 0.05) is 17.7 Å². The summed E-state index contributed by atoms with van der Waals surface area (Å²) < 4.78 is 10.0. The number of furan rings is 1. The summed E-state index contributed by atoms with van der Waals surface area (Å²) in [4.78, 5) is 49.6. The van der Waals surface area contributed by atoms with Gasteiger partial charge in [-0.15, -0.1) is 0 Å². The number of hydrogen-bond acceptors (Lipinski definition) is 8. The lowest BCUT2D eigenvalue weighted by molar-refractivity contribution is -0.384. The molecule has 0 spiro atoms. The summed E-state index contributed by atoms with van der Waals surface area (Å²) in [5.41, 5.74) is 0.190. The number of carbonyl (C=O) groups is 3. The smallest absolute Gasteiger partial charge is 0.337 e. The molecule has 34 heavy (non-hydrogen) atoms. The number of esters is 1. The highest BCUT2D eigenvalue weighted by Gasteiger charge is 2.46. The molecule has 1 fully saturated rings. The van der Waals surface area contributed by atoms with Crippen LogP contribution in [0, 0.1) is 10.1 Å². The van der Waals surface area contributed by atoms with Crippen LogP contribution in [-0.4, -0.2) is 39.7 Å². The fourth-order valence-electron chi connectivity index (χ4n) is 3.80. The molecule has 2 heterocycles. The van der Waals surface area contributed by atoms with Gasteiger partial charge in [0.1, 0.15) is 11.5 Å². The summed E-state index contributed by atoms with van der Waals surface area (Å²) >= 11 is 0. The van der Waals surface area contributed by atoms with E-state index in [0.717, 1.165) is 6.07 Å². The lowest BCUT2D eigenvalue weighted by Crippen LogP contribution is -2.29. The van der Waals surface area contributed by atoms with Gasteiger partial charge in [-0.2, -0.15) is 0 Å². The largest absolute Gasteiger partial charge is 0.507 e. The highest BCUT2D eigenvalue weighted by Crippen LogP contribution is 2.40. The fraction of sp³-hybridized carbons (Fsp3) is 0.125. The van der Waals surface area contributed by atoms with Crippen molar-refractivity contribution in [2.75, 3.05) is 7.11 Å². The summed E-state index contributed by atoms with van der Waals surface area (Å²) in [7, 11) is 1.24. The van der Waals surface area contributed by atoms with Gasteiger partial charge in [0.05, 0.1) is 42.0 Å². The van der Waals surface area contributed by atoms with Crippen molar-refractivity contribution in [1.82, 2.24) is 4.90 Å². The summed E-state index contributed by atoms with van der Waals surface area (Å²) in [6.07, 6.45) is 1.43. The second-order valence-corrected chi connectivity index (χ2v) is 7.43. The molecule has 10 heteroatoms. The van der Waals surface area contributed by atoms with E-state index >= 15 is 0 Å². The van der Waals surface area contributed by atoms with Crippen LogP contribution < -0.4 is 0 Å². The molecule has 1 atom stereocenters. The molecule has 3 aromatic rings. The van der Waals surface area contributed by atoms with Gasteiger partial charge in [-0.1, -0.05) is 24.3 Å². The van der Waals surface area contributed by atoms with Gasteiger partial charge in [-0.05, 0) is 29.8 Å². The van der Waals surface area contributed by atoms with Crippen molar-refractivity contribution in [2.45, 2.75) is 12.6 Å². The average Bonchev–Trinajstić information content (AvgIpc) is 3.45. The molecule has 4 rings (SSSR count). The van der Waals surface area contributed by atoms with Crippen molar-refractivity contribution in [3.63, 3.8) is 0 Å². The second kappa shape index (κ2) is 9.02. The zero-order valence-corrected chi connectivity index (χ0v) is 17.8. The zero-order chi connectivity index (χ0) is 24.4. The van der Waals surface area contributed by atoms with Crippen LogP contribution in [0.25, 0.3) is 5.76 Å². The van der Waals surface area contributed by atoms with Crippen LogP contribution in [0.5, 0.6) is 0 Å². The van der Waals surface area contributed by atoms with Gasteiger partial charge in [0.2, 0.25) is 0 Å². The molecule has 0 radical (unpaired) electrons. The lowest BCUT2D eigenvalue weighted by Gasteiger charge is -2.24. The Kier molecular flexibility index (Phi) is 5.96. The number of nitro benzene ring substituents is 1. The van der Waals surface area contributed by atoms with Crippen LogP contribution >= 0.6 is 0 Å². The van der Waals surface area contributed by atoms with Gasteiger partial charge >= 0.3 is 5.97 Å². The van der Waals surface area contributed by atoms with Crippen LogP contribution in [0.1, 0.15) is 33.3 Å². The number of ketones is 1. The monoisotopic (exact) mass is 462 g/mol. The minimum absolute atomic E-state index is 0.0152. The number of carbonyl (C=O) groups excluding carboxylic acids is 3. The topological polar surface area (TPSA) is 140 Å². The number of nitrogens with zero attached hydrogens (tertiary/aromatic N) is 2. The second-order valence-electron chi connectivity index (χ2n) is 7.43. The van der Waals surface area contributed by atoms with E-state index in [9.17, 15) is 29.6 Å². The molecule has 10 nitrogen and oxygen atoms in total. The van der Waals surface area contributed by atoms with E-state index in [1.807, 2.05) is 0 Å². The molecule has 0 unspecified atom stereocenters. The van der Waals surface area contributed by atoms with E-state index in [1.54, 1.807) is 24.3 Å². The molecule has 0 bridgehead atoms. The predicted molar refractivity (Wildman–Crippen MR) is 117 cm³/mol. The Balaban J connectivity index is 1.86. The van der Waals surface area contributed by atoms with Gasteiger partial charge in [0.25, 0.3) is 17.4 Å². The highest BCUT2D eigenvalue weighted by molar-refractivity contribution is 6.46. The molecule has 1 saturated heterocycles. The van der Waals surface area contributed by atoms with Crippen LogP contribution in [-0.2, 0) is 20.9 Å². The number of aliphatic hydroxyl groups is 1. The van der Waals surface area contributed by atoms with E-state index in [2.05, 4.69) is 0 Å². The van der Waals surface area contributed by atoms with E-state index in [4.69, 9.17) is 9.15 Å². The number of aliphatic hydroxyl groups excluding tert-OH is 1. The SMILES string of the molecule is COC(=O)c1ccc([C@@H]2/C(=C(\O)c3cccc([N+](=O)[O-])c3)C(=O)C(=O)N2Cc2ccco2)cc1. The van der Waals surface area contributed by atoms with Crippen molar-refractivity contribution in [2.24, 2.45) is 0 Å². The van der Waals surface area contributed by atoms with Gasteiger partial charge in [0.15, 0.2) is 0 Å². The van der Waals surface area contributed by atoms with Crippen molar-refractivity contribution in [3.05, 3.63) is 105 Å². The first-order valence-corrected chi connectivity index (χ1v) is 10.1. The third kappa shape index (κ3) is 4.04. The van der Waals surface area contributed by atoms with Crippen molar-refractivity contribution in [1.29, 1.82) is 0 Å². The Morgan fingerprint density at radius 3 is 2.47 bits per heavy atom. The molecular weight excluding hydrogens is 444 g/mol. The zero-order valence-electron chi connectivity index (χ0n) is 17.8. The molecular formula is C24H18N2O8. The molecule has 0 saturated carbocycles. The number of rotatable bonds is 6. The predicted octanol–water partition coefficient (Wildman–Crippen LogP) is 3.60. The third-order valence-corrected chi connectivity index (χ3v) is 5.42. The van der Waals surface area contributed by atoms with Crippen LogP contribution in [0.2, 0.25) is 0 Å². The normalized spacial score (nSPS) is 17.1. The van der Waals surface area contributed by atoms with Crippen molar-refractivity contribution in [3.8, 4) is 0 Å². The number of likely N-dealkylation sites (tertiary alicyclic amines) is 1. The number of nitro groups is 1. The first kappa shape index (κ1) is 22.5. The van der Waals surface area contributed by atoms with Crippen molar-refractivity contribution < 1.29 is 33.6 Å². The summed E-state index contributed by atoms with van der Waals surface area (Å²) in [6, 6.07) is 13.4. The van der Waals surface area contributed by atoms with E-state index in [0.29, 0.717) is 11.3 Å². The molecule has 1 amide bonds.